The van der Waals surface area contributed by atoms with Gasteiger partial charge in [-0.15, -0.1) is 54.1 Å². The number of benzene rings is 5. The number of fused-ring (bicyclic) bond motifs is 4. The van der Waals surface area contributed by atoms with Crippen molar-refractivity contribution in [2.75, 3.05) is 0 Å². The molecule has 5 aromatic carbocycles. The number of para-hydroxylation sites is 2. The standard InChI is InChI=1S/C37H32N3S.C19H26NSi.Ir/c1-22(2)29-20-24(5)21-30(23(3)4)34(29)40-33-17-10-9-16-32(33)38-36(40)28-15-11-14-26-27-18-19-31(25-12-7-6-8-13-25)39-37(27)41-35(26)28;1-19(2,3)13-16-12-17(15-10-8-7-9-11-15)20-14-18(16)21(4,5)6;/h6-14,16-23H,1-5H3;7-10,12,14H,13H2,1-6H3;/q2*-1;/i5D3;13D2;. The molecule has 7 heteroatoms. The zero-order chi connectivity index (χ0) is 48.2. The fraction of sp³-hybridized carbons (Fsp3) is 0.268. The van der Waals surface area contributed by atoms with Crippen LogP contribution in [-0.4, -0.2) is 27.6 Å². The van der Waals surface area contributed by atoms with Gasteiger partial charge in [0, 0.05) is 44.4 Å². The molecule has 0 atom stereocenters. The van der Waals surface area contributed by atoms with E-state index >= 15 is 0 Å². The molecule has 0 aliphatic heterocycles. The quantitative estimate of drug-likeness (QED) is 0.113. The van der Waals surface area contributed by atoms with Gasteiger partial charge in [0.1, 0.15) is 4.83 Å². The van der Waals surface area contributed by atoms with E-state index < -0.39 is 26.7 Å². The Labute approximate surface area is 400 Å². The minimum absolute atomic E-state index is 0. The van der Waals surface area contributed by atoms with Crippen LogP contribution < -0.4 is 5.19 Å². The second-order valence-corrected chi connectivity index (χ2v) is 24.7. The number of aromatic nitrogens is 4. The monoisotopic (exact) mass is 1040 g/mol. The van der Waals surface area contributed by atoms with Crippen molar-refractivity contribution in [3.8, 4) is 39.6 Å². The Morgan fingerprint density at radius 3 is 2.11 bits per heavy atom. The minimum atomic E-state index is -2.20. The predicted molar refractivity (Wildman–Crippen MR) is 269 cm³/mol. The summed E-state index contributed by atoms with van der Waals surface area (Å²) >= 11 is 1.66. The molecule has 4 aromatic heterocycles. The van der Waals surface area contributed by atoms with E-state index in [-0.39, 0.29) is 31.9 Å². The number of hydrogen-bond acceptors (Lipinski definition) is 4. The maximum absolute atomic E-state index is 8.75. The summed E-state index contributed by atoms with van der Waals surface area (Å²) in [5.74, 6) is 0.962. The SMILES string of the molecule is [2H]C([2H])([2H])c1cc(C(C)C)c(-n2c(-c3[c-]ccc4c3sc3nc(-c5ccccc5)ccc34)nc3ccccc32)c(C(C)C)c1.[2H]C([2H])(c1cc(-c2[c-]cccc2)ncc1[Si](C)(C)C)C(C)(C)C.[Ir]. The molecule has 0 N–H and O–H groups in total. The first-order valence-corrected chi connectivity index (χ1v) is 25.8. The van der Waals surface area contributed by atoms with Crippen molar-refractivity contribution in [1.29, 1.82) is 0 Å². The second-order valence-electron chi connectivity index (χ2n) is 18.7. The topological polar surface area (TPSA) is 43.6 Å². The smallest absolute Gasteiger partial charge is 0.114 e. The Morgan fingerprint density at radius 2 is 1.46 bits per heavy atom. The summed E-state index contributed by atoms with van der Waals surface area (Å²) in [6.07, 6.45) is 0.469. The molecule has 9 rings (SSSR count). The molecule has 0 amide bonds. The Bertz CT molecular complexity index is 3210. The van der Waals surface area contributed by atoms with Crippen molar-refractivity contribution in [3.05, 3.63) is 162 Å². The van der Waals surface area contributed by atoms with Gasteiger partial charge in [-0.2, -0.15) is 11.3 Å². The van der Waals surface area contributed by atoms with Gasteiger partial charge in [-0.05, 0) is 80.8 Å². The maximum atomic E-state index is 8.75. The van der Waals surface area contributed by atoms with Gasteiger partial charge in [0.15, 0.2) is 0 Å². The first-order chi connectivity index (χ1) is 31.6. The minimum Gasteiger partial charge on any atom is -0.333 e. The zero-order valence-electron chi connectivity index (χ0n) is 42.8. The Balaban J connectivity index is 0.000000242. The fourth-order valence-corrected chi connectivity index (χ4v) is 10.6. The van der Waals surface area contributed by atoms with Gasteiger partial charge < -0.3 is 9.55 Å². The van der Waals surface area contributed by atoms with Gasteiger partial charge >= 0.3 is 0 Å². The van der Waals surface area contributed by atoms with E-state index in [9.17, 15) is 0 Å². The maximum Gasteiger partial charge on any atom is 0.114 e. The van der Waals surface area contributed by atoms with Gasteiger partial charge in [-0.3, -0.25) is 4.98 Å². The summed E-state index contributed by atoms with van der Waals surface area (Å²) in [4.78, 5) is 15.9. The normalized spacial score (nSPS) is 13.6. The second kappa shape index (κ2) is 18.6. The number of aryl methyl sites for hydroxylation is 1. The van der Waals surface area contributed by atoms with Crippen LogP contribution in [-0.2, 0) is 26.5 Å². The van der Waals surface area contributed by atoms with Gasteiger partial charge in [0.05, 0.1) is 30.6 Å². The summed E-state index contributed by atoms with van der Waals surface area (Å²) in [5, 5.41) is 3.32. The number of hydrogen-bond donors (Lipinski definition) is 0. The Hall–Kier alpha value is -5.04. The molecule has 4 heterocycles. The molecule has 323 valence electrons. The van der Waals surface area contributed by atoms with Gasteiger partial charge in [0.2, 0.25) is 0 Å². The summed E-state index contributed by atoms with van der Waals surface area (Å²) in [6, 6.07) is 46.9. The summed E-state index contributed by atoms with van der Waals surface area (Å²) in [5.41, 5.74) is 10.1. The largest absolute Gasteiger partial charge is 0.333 e. The van der Waals surface area contributed by atoms with Crippen LogP contribution in [0.5, 0.6) is 0 Å². The first kappa shape index (κ1) is 39.5. The Kier molecular flexibility index (Phi) is 11.7. The van der Waals surface area contributed by atoms with Crippen molar-refractivity contribution in [1.82, 2.24) is 19.5 Å². The average Bonchev–Trinajstić information content (AvgIpc) is 3.86. The summed E-state index contributed by atoms with van der Waals surface area (Å²) < 4.78 is 45.5. The third-order valence-electron chi connectivity index (χ3n) is 11.0. The van der Waals surface area contributed by atoms with Crippen LogP contribution in [0.1, 0.15) is 89.4 Å². The summed E-state index contributed by atoms with van der Waals surface area (Å²) in [6.45, 7) is 18.9. The van der Waals surface area contributed by atoms with E-state index in [1.807, 2.05) is 112 Å². The number of nitrogens with zero attached hydrogens (tertiary/aromatic N) is 4. The van der Waals surface area contributed by atoms with E-state index in [2.05, 4.69) is 105 Å². The van der Waals surface area contributed by atoms with Crippen LogP contribution in [0.3, 0.4) is 0 Å². The molecular weight excluding hydrogens is 981 g/mol. The van der Waals surface area contributed by atoms with Gasteiger partial charge in [-0.25, -0.2) is 4.98 Å². The van der Waals surface area contributed by atoms with Gasteiger partial charge in [-0.1, -0.05) is 157 Å². The molecule has 4 nitrogen and oxygen atoms in total. The molecule has 0 bridgehead atoms. The molecule has 1 radical (unpaired) electrons. The molecule has 0 fully saturated rings. The fourth-order valence-electron chi connectivity index (χ4n) is 8.06. The van der Waals surface area contributed by atoms with Crippen LogP contribution in [0.4, 0.5) is 0 Å². The molecular formula is C56H58IrN4SSi-2. The van der Waals surface area contributed by atoms with Crippen LogP contribution in [0.2, 0.25) is 19.6 Å². The summed E-state index contributed by atoms with van der Waals surface area (Å²) in [7, 11) is -1.70. The third kappa shape index (κ3) is 9.73. The van der Waals surface area contributed by atoms with Crippen LogP contribution in [0.25, 0.3) is 70.9 Å². The number of imidazole rings is 1. The molecule has 63 heavy (non-hydrogen) atoms. The molecule has 0 aliphatic carbocycles. The zero-order valence-corrected chi connectivity index (χ0v) is 42.0. The van der Waals surface area contributed by atoms with E-state index in [0.717, 1.165) is 92.8 Å². The molecule has 0 spiro atoms. The van der Waals surface area contributed by atoms with E-state index in [1.54, 1.807) is 11.3 Å². The number of rotatable bonds is 8. The van der Waals surface area contributed by atoms with Gasteiger partial charge in [0.25, 0.3) is 0 Å². The molecule has 0 saturated heterocycles. The molecule has 0 saturated carbocycles. The van der Waals surface area contributed by atoms with Crippen molar-refractivity contribution in [3.63, 3.8) is 0 Å². The average molecular weight is 1040 g/mol. The van der Waals surface area contributed by atoms with E-state index in [0.29, 0.717) is 5.56 Å². The molecule has 0 aliphatic rings. The third-order valence-corrected chi connectivity index (χ3v) is 14.1. The van der Waals surface area contributed by atoms with E-state index in [1.165, 1.54) is 0 Å². The van der Waals surface area contributed by atoms with Crippen molar-refractivity contribution < 1.29 is 27.0 Å². The molecule has 9 aromatic rings. The van der Waals surface area contributed by atoms with E-state index in [4.69, 9.17) is 16.8 Å². The van der Waals surface area contributed by atoms with Crippen LogP contribution in [0.15, 0.2) is 128 Å². The van der Waals surface area contributed by atoms with Crippen LogP contribution in [0, 0.1) is 24.4 Å². The van der Waals surface area contributed by atoms with Crippen molar-refractivity contribution >= 4 is 55.9 Å². The van der Waals surface area contributed by atoms with Crippen molar-refractivity contribution in [2.45, 2.75) is 93.2 Å². The van der Waals surface area contributed by atoms with Crippen molar-refractivity contribution in [2.24, 2.45) is 5.41 Å². The predicted octanol–water partition coefficient (Wildman–Crippen LogP) is 15.2. The Morgan fingerprint density at radius 1 is 0.762 bits per heavy atom. The first-order valence-electron chi connectivity index (χ1n) is 24.0. The number of thiophene rings is 1. The molecule has 0 unspecified atom stereocenters. The van der Waals surface area contributed by atoms with Crippen LogP contribution >= 0.6 is 11.3 Å². The number of pyridine rings is 2.